The van der Waals surface area contributed by atoms with Gasteiger partial charge in [-0.1, -0.05) is 15.9 Å². The van der Waals surface area contributed by atoms with E-state index in [1.807, 2.05) is 0 Å². The summed E-state index contributed by atoms with van der Waals surface area (Å²) in [5.74, 6) is 0.533. The zero-order valence-electron chi connectivity index (χ0n) is 14.0. The standard InChI is InChI=1S/C17H25BrFN3O2/c1-20-17(21-7-2-9-24-15-6-10-23-12-15)22-8-5-13-11-14(18)3-4-16(13)19/h3-4,11,15H,2,5-10,12H2,1H3,(H2,20,21,22). The number of rotatable bonds is 8. The van der Waals surface area contributed by atoms with Crippen LogP contribution in [-0.4, -0.2) is 52.0 Å². The van der Waals surface area contributed by atoms with Crippen LogP contribution in [0.2, 0.25) is 0 Å². The highest BCUT2D eigenvalue weighted by Crippen LogP contribution is 2.15. The molecule has 1 atom stereocenters. The second-order valence-corrected chi connectivity index (χ2v) is 6.54. The maximum Gasteiger partial charge on any atom is 0.190 e. The van der Waals surface area contributed by atoms with Crippen LogP contribution in [0, 0.1) is 5.82 Å². The molecule has 7 heteroatoms. The Bertz CT molecular complexity index is 537. The van der Waals surface area contributed by atoms with Crippen molar-refractivity contribution in [1.29, 1.82) is 0 Å². The highest BCUT2D eigenvalue weighted by Gasteiger charge is 2.15. The quantitative estimate of drug-likeness (QED) is 0.399. The largest absolute Gasteiger partial charge is 0.379 e. The third kappa shape index (κ3) is 6.75. The van der Waals surface area contributed by atoms with E-state index in [4.69, 9.17) is 9.47 Å². The van der Waals surface area contributed by atoms with E-state index >= 15 is 0 Å². The Morgan fingerprint density at radius 1 is 1.42 bits per heavy atom. The van der Waals surface area contributed by atoms with E-state index < -0.39 is 0 Å². The molecular formula is C17H25BrFN3O2. The number of hydrogen-bond acceptors (Lipinski definition) is 3. The maximum absolute atomic E-state index is 13.7. The van der Waals surface area contributed by atoms with Gasteiger partial charge in [-0.15, -0.1) is 0 Å². The van der Waals surface area contributed by atoms with Crippen molar-refractivity contribution in [1.82, 2.24) is 10.6 Å². The highest BCUT2D eigenvalue weighted by atomic mass is 79.9. The third-order valence-corrected chi connectivity index (χ3v) is 4.27. The van der Waals surface area contributed by atoms with Crippen molar-refractivity contribution in [2.24, 2.45) is 4.99 Å². The number of guanidine groups is 1. The second kappa shape index (κ2) is 10.6. The van der Waals surface area contributed by atoms with Crippen LogP contribution < -0.4 is 10.6 Å². The zero-order chi connectivity index (χ0) is 17.2. The van der Waals surface area contributed by atoms with Crippen LogP contribution >= 0.6 is 15.9 Å². The van der Waals surface area contributed by atoms with Gasteiger partial charge in [0.05, 0.1) is 12.7 Å². The summed E-state index contributed by atoms with van der Waals surface area (Å²) < 4.78 is 25.5. The lowest BCUT2D eigenvalue weighted by atomic mass is 10.1. The van der Waals surface area contributed by atoms with E-state index in [9.17, 15) is 4.39 Å². The van der Waals surface area contributed by atoms with Crippen molar-refractivity contribution in [3.63, 3.8) is 0 Å². The monoisotopic (exact) mass is 401 g/mol. The van der Waals surface area contributed by atoms with Crippen LogP contribution in [-0.2, 0) is 15.9 Å². The summed E-state index contributed by atoms with van der Waals surface area (Å²) in [7, 11) is 1.72. The molecule has 1 unspecified atom stereocenters. The zero-order valence-corrected chi connectivity index (χ0v) is 15.6. The fourth-order valence-corrected chi connectivity index (χ4v) is 2.85. The summed E-state index contributed by atoms with van der Waals surface area (Å²) in [6, 6.07) is 4.98. The summed E-state index contributed by atoms with van der Waals surface area (Å²) in [6.45, 7) is 3.61. The number of ether oxygens (including phenoxy) is 2. The Morgan fingerprint density at radius 2 is 2.25 bits per heavy atom. The Hall–Kier alpha value is -1.18. The first-order chi connectivity index (χ1) is 11.7. The van der Waals surface area contributed by atoms with Gasteiger partial charge in [0.25, 0.3) is 0 Å². The van der Waals surface area contributed by atoms with Crippen LogP contribution in [0.25, 0.3) is 0 Å². The number of benzene rings is 1. The first-order valence-corrected chi connectivity index (χ1v) is 9.06. The second-order valence-electron chi connectivity index (χ2n) is 5.62. The van der Waals surface area contributed by atoms with Gasteiger partial charge in [0.15, 0.2) is 5.96 Å². The van der Waals surface area contributed by atoms with Crippen molar-refractivity contribution < 1.29 is 13.9 Å². The van der Waals surface area contributed by atoms with Gasteiger partial charge in [-0.05, 0) is 43.0 Å². The Labute approximate surface area is 151 Å². The topological polar surface area (TPSA) is 54.9 Å². The molecule has 5 nitrogen and oxygen atoms in total. The highest BCUT2D eigenvalue weighted by molar-refractivity contribution is 9.10. The van der Waals surface area contributed by atoms with Gasteiger partial charge >= 0.3 is 0 Å². The third-order valence-electron chi connectivity index (χ3n) is 3.77. The van der Waals surface area contributed by atoms with E-state index in [0.29, 0.717) is 31.7 Å². The van der Waals surface area contributed by atoms with E-state index in [2.05, 4.69) is 31.6 Å². The average Bonchev–Trinajstić information content (AvgIpc) is 3.09. The number of nitrogens with zero attached hydrogens (tertiary/aromatic N) is 1. The summed E-state index contributed by atoms with van der Waals surface area (Å²) in [6.07, 6.45) is 2.74. The molecule has 1 aliphatic rings. The van der Waals surface area contributed by atoms with Crippen LogP contribution in [0.4, 0.5) is 4.39 Å². The summed E-state index contributed by atoms with van der Waals surface area (Å²) >= 11 is 3.36. The maximum atomic E-state index is 13.7. The fraction of sp³-hybridized carbons (Fsp3) is 0.588. The van der Waals surface area contributed by atoms with E-state index in [-0.39, 0.29) is 11.9 Å². The fourth-order valence-electron chi connectivity index (χ4n) is 2.44. The molecule has 24 heavy (non-hydrogen) atoms. The lowest BCUT2D eigenvalue weighted by molar-refractivity contribution is 0.0420. The number of nitrogens with one attached hydrogen (secondary N) is 2. The molecule has 0 saturated carbocycles. The van der Waals surface area contributed by atoms with Crippen LogP contribution in [0.15, 0.2) is 27.7 Å². The minimum Gasteiger partial charge on any atom is -0.379 e. The average molecular weight is 402 g/mol. The SMILES string of the molecule is CN=C(NCCCOC1CCOC1)NCCc1cc(Br)ccc1F. The molecule has 1 fully saturated rings. The number of halogens is 2. The van der Waals surface area contributed by atoms with E-state index in [0.717, 1.165) is 36.4 Å². The molecule has 134 valence electrons. The molecule has 2 rings (SSSR count). The molecule has 0 amide bonds. The predicted molar refractivity (Wildman–Crippen MR) is 97.0 cm³/mol. The molecule has 1 aromatic carbocycles. The molecule has 1 aromatic rings. The number of hydrogen-bond donors (Lipinski definition) is 2. The lowest BCUT2D eigenvalue weighted by Crippen LogP contribution is -2.39. The van der Waals surface area contributed by atoms with Crippen molar-refractivity contribution in [2.45, 2.75) is 25.4 Å². The lowest BCUT2D eigenvalue weighted by Gasteiger charge is -2.13. The van der Waals surface area contributed by atoms with Gasteiger partial charge in [0, 0.05) is 37.8 Å². The molecule has 1 heterocycles. The van der Waals surface area contributed by atoms with E-state index in [1.54, 1.807) is 19.2 Å². The predicted octanol–water partition coefficient (Wildman–Crippen LogP) is 2.49. The molecule has 2 N–H and O–H groups in total. The van der Waals surface area contributed by atoms with Crippen molar-refractivity contribution >= 4 is 21.9 Å². The van der Waals surface area contributed by atoms with Gasteiger partial charge in [-0.2, -0.15) is 0 Å². The molecule has 1 aliphatic heterocycles. The van der Waals surface area contributed by atoms with Gasteiger partial charge in [-0.3, -0.25) is 4.99 Å². The molecular weight excluding hydrogens is 377 g/mol. The molecule has 0 radical (unpaired) electrons. The van der Waals surface area contributed by atoms with Crippen molar-refractivity contribution in [2.75, 3.05) is 40.0 Å². The first-order valence-electron chi connectivity index (χ1n) is 8.27. The molecule has 1 saturated heterocycles. The number of aliphatic imine (C=N–C) groups is 1. The summed E-state index contributed by atoms with van der Waals surface area (Å²) in [5.41, 5.74) is 0.680. The molecule has 0 spiro atoms. The minimum atomic E-state index is -0.184. The molecule has 0 aromatic heterocycles. The van der Waals surface area contributed by atoms with Gasteiger partial charge in [0.1, 0.15) is 5.82 Å². The summed E-state index contributed by atoms with van der Waals surface area (Å²) in [5, 5.41) is 6.42. The molecule has 0 aliphatic carbocycles. The summed E-state index contributed by atoms with van der Waals surface area (Å²) in [4.78, 5) is 4.16. The van der Waals surface area contributed by atoms with Gasteiger partial charge < -0.3 is 20.1 Å². The first kappa shape index (κ1) is 19.1. The van der Waals surface area contributed by atoms with Crippen molar-refractivity contribution in [3.05, 3.63) is 34.1 Å². The molecule has 0 bridgehead atoms. The Morgan fingerprint density at radius 3 is 3.00 bits per heavy atom. The van der Waals surface area contributed by atoms with Crippen molar-refractivity contribution in [3.8, 4) is 0 Å². The van der Waals surface area contributed by atoms with Crippen LogP contribution in [0.1, 0.15) is 18.4 Å². The van der Waals surface area contributed by atoms with Gasteiger partial charge in [0.2, 0.25) is 0 Å². The van der Waals surface area contributed by atoms with E-state index in [1.165, 1.54) is 6.07 Å². The van der Waals surface area contributed by atoms with Crippen LogP contribution in [0.3, 0.4) is 0 Å². The smallest absolute Gasteiger partial charge is 0.190 e. The van der Waals surface area contributed by atoms with Crippen LogP contribution in [0.5, 0.6) is 0 Å². The van der Waals surface area contributed by atoms with Gasteiger partial charge in [-0.25, -0.2) is 4.39 Å². The normalized spacial score (nSPS) is 18.0. The Balaban J connectivity index is 1.59. The minimum absolute atomic E-state index is 0.184. The Kier molecular flexibility index (Phi) is 8.49.